The van der Waals surface area contributed by atoms with Crippen molar-refractivity contribution in [3.05, 3.63) is 84.9 Å². The Kier molecular flexibility index (Phi) is 6.48. The third kappa shape index (κ3) is 4.83. The molecule has 0 aliphatic carbocycles. The molecular weight excluding hydrogens is 458 g/mol. The summed E-state index contributed by atoms with van der Waals surface area (Å²) in [5, 5.41) is 9.12. The number of aromatic nitrogens is 2. The molecule has 1 heterocycles. The van der Waals surface area contributed by atoms with Crippen molar-refractivity contribution < 1.29 is 23.5 Å². The SMILES string of the molecule is COc1ccc(-c2noc(-c3ccccc3NC(=O)COc3ccc4ccccc4c3)n2)cc1OC. The van der Waals surface area contributed by atoms with Crippen LogP contribution in [0.1, 0.15) is 0 Å². The molecule has 180 valence electrons. The van der Waals surface area contributed by atoms with E-state index in [1.807, 2.05) is 60.7 Å². The largest absolute Gasteiger partial charge is 0.493 e. The number of methoxy groups -OCH3 is 2. The van der Waals surface area contributed by atoms with Crippen molar-refractivity contribution in [3.63, 3.8) is 0 Å². The minimum atomic E-state index is -0.310. The van der Waals surface area contributed by atoms with Gasteiger partial charge in [0.05, 0.1) is 25.5 Å². The lowest BCUT2D eigenvalue weighted by atomic mass is 10.1. The molecule has 0 spiro atoms. The van der Waals surface area contributed by atoms with Gasteiger partial charge in [-0.05, 0) is 53.2 Å². The van der Waals surface area contributed by atoms with Crippen LogP contribution in [0.3, 0.4) is 0 Å². The van der Waals surface area contributed by atoms with Crippen molar-refractivity contribution in [2.45, 2.75) is 0 Å². The molecule has 0 unspecified atom stereocenters. The summed E-state index contributed by atoms with van der Waals surface area (Å²) in [6.45, 7) is -0.145. The lowest BCUT2D eigenvalue weighted by molar-refractivity contribution is -0.118. The van der Waals surface area contributed by atoms with Crippen LogP contribution in [-0.2, 0) is 4.79 Å². The standard InChI is InChI=1S/C28H23N3O5/c1-33-24-14-12-20(16-25(24)34-2)27-30-28(36-31-27)22-9-5-6-10-23(22)29-26(32)17-35-21-13-11-18-7-3-4-8-19(18)15-21/h3-16H,17H2,1-2H3,(H,29,32). The average molecular weight is 482 g/mol. The molecule has 36 heavy (non-hydrogen) atoms. The maximum atomic E-state index is 12.7. The summed E-state index contributed by atoms with van der Waals surface area (Å²) in [6, 6.07) is 26.2. The fourth-order valence-electron chi connectivity index (χ4n) is 3.80. The molecule has 8 nitrogen and oxygen atoms in total. The van der Waals surface area contributed by atoms with Crippen LogP contribution < -0.4 is 19.5 Å². The zero-order valence-corrected chi connectivity index (χ0v) is 19.7. The second-order valence-electron chi connectivity index (χ2n) is 7.88. The maximum absolute atomic E-state index is 12.7. The molecule has 0 saturated heterocycles. The van der Waals surface area contributed by atoms with E-state index in [0.29, 0.717) is 39.9 Å². The lowest BCUT2D eigenvalue weighted by Crippen LogP contribution is -2.20. The number of nitrogens with zero attached hydrogens (tertiary/aromatic N) is 2. The van der Waals surface area contributed by atoms with E-state index in [1.54, 1.807) is 38.5 Å². The van der Waals surface area contributed by atoms with Crippen LogP contribution in [0, 0.1) is 0 Å². The Morgan fingerprint density at radius 1 is 0.861 bits per heavy atom. The third-order valence-electron chi connectivity index (χ3n) is 5.59. The molecule has 0 bridgehead atoms. The van der Waals surface area contributed by atoms with Crippen LogP contribution >= 0.6 is 0 Å². The van der Waals surface area contributed by atoms with Gasteiger partial charge in [-0.25, -0.2) is 0 Å². The van der Waals surface area contributed by atoms with Gasteiger partial charge in [-0.1, -0.05) is 47.6 Å². The highest BCUT2D eigenvalue weighted by molar-refractivity contribution is 5.95. The van der Waals surface area contributed by atoms with Crippen molar-refractivity contribution in [2.24, 2.45) is 0 Å². The third-order valence-corrected chi connectivity index (χ3v) is 5.59. The van der Waals surface area contributed by atoms with E-state index in [2.05, 4.69) is 15.5 Å². The minimum Gasteiger partial charge on any atom is -0.493 e. The number of para-hydroxylation sites is 1. The number of amides is 1. The highest BCUT2D eigenvalue weighted by atomic mass is 16.5. The number of hydrogen-bond acceptors (Lipinski definition) is 7. The van der Waals surface area contributed by atoms with E-state index in [1.165, 1.54) is 0 Å². The highest BCUT2D eigenvalue weighted by Crippen LogP contribution is 2.33. The summed E-state index contributed by atoms with van der Waals surface area (Å²) in [6.07, 6.45) is 0. The number of rotatable bonds is 8. The molecule has 0 radical (unpaired) electrons. The van der Waals surface area contributed by atoms with E-state index in [4.69, 9.17) is 18.7 Å². The van der Waals surface area contributed by atoms with Crippen LogP contribution in [0.5, 0.6) is 17.2 Å². The molecule has 5 rings (SSSR count). The van der Waals surface area contributed by atoms with Gasteiger partial charge in [-0.3, -0.25) is 4.79 Å². The summed E-state index contributed by atoms with van der Waals surface area (Å²) >= 11 is 0. The van der Waals surface area contributed by atoms with Gasteiger partial charge >= 0.3 is 0 Å². The molecule has 1 amide bonds. The number of benzene rings is 4. The Balaban J connectivity index is 1.30. The fourth-order valence-corrected chi connectivity index (χ4v) is 3.80. The molecule has 0 atom stereocenters. The highest BCUT2D eigenvalue weighted by Gasteiger charge is 2.17. The first-order valence-electron chi connectivity index (χ1n) is 11.2. The minimum absolute atomic E-state index is 0.145. The summed E-state index contributed by atoms with van der Waals surface area (Å²) in [5.74, 6) is 2.12. The number of carbonyl (C=O) groups excluding carboxylic acids is 1. The van der Waals surface area contributed by atoms with Crippen molar-refractivity contribution in [1.29, 1.82) is 0 Å². The van der Waals surface area contributed by atoms with Crippen LogP contribution in [0.15, 0.2) is 89.5 Å². The first kappa shape index (κ1) is 22.9. The summed E-state index contributed by atoms with van der Waals surface area (Å²) in [7, 11) is 3.13. The maximum Gasteiger partial charge on any atom is 0.262 e. The van der Waals surface area contributed by atoms with Gasteiger partial charge in [0.2, 0.25) is 5.82 Å². The number of ether oxygens (including phenoxy) is 3. The summed E-state index contributed by atoms with van der Waals surface area (Å²) in [4.78, 5) is 17.2. The van der Waals surface area contributed by atoms with Gasteiger partial charge in [0, 0.05) is 5.56 Å². The molecule has 4 aromatic carbocycles. The predicted octanol–water partition coefficient (Wildman–Crippen LogP) is 5.59. The van der Waals surface area contributed by atoms with Crippen LogP contribution in [-0.4, -0.2) is 36.9 Å². The second-order valence-corrected chi connectivity index (χ2v) is 7.88. The van der Waals surface area contributed by atoms with E-state index in [9.17, 15) is 4.79 Å². The monoisotopic (exact) mass is 481 g/mol. The average Bonchev–Trinajstić information content (AvgIpc) is 3.42. The van der Waals surface area contributed by atoms with Crippen LogP contribution in [0.2, 0.25) is 0 Å². The zero-order chi connectivity index (χ0) is 24.9. The Morgan fingerprint density at radius 2 is 1.64 bits per heavy atom. The first-order valence-corrected chi connectivity index (χ1v) is 11.2. The van der Waals surface area contributed by atoms with Crippen molar-refractivity contribution >= 4 is 22.4 Å². The molecular formula is C28H23N3O5. The molecule has 0 saturated carbocycles. The van der Waals surface area contributed by atoms with Gasteiger partial charge in [0.25, 0.3) is 11.8 Å². The van der Waals surface area contributed by atoms with Crippen molar-refractivity contribution in [1.82, 2.24) is 10.1 Å². The fraction of sp³-hybridized carbons (Fsp3) is 0.107. The number of carbonyl (C=O) groups is 1. The first-order chi connectivity index (χ1) is 17.6. The van der Waals surface area contributed by atoms with Crippen LogP contribution in [0.4, 0.5) is 5.69 Å². The number of hydrogen-bond donors (Lipinski definition) is 1. The summed E-state index contributed by atoms with van der Waals surface area (Å²) < 4.78 is 21.9. The Hall–Kier alpha value is -4.85. The molecule has 0 aliphatic heterocycles. The molecule has 8 heteroatoms. The number of anilines is 1. The van der Waals surface area contributed by atoms with Gasteiger partial charge in [-0.15, -0.1) is 0 Å². The normalized spacial score (nSPS) is 10.7. The van der Waals surface area contributed by atoms with E-state index in [-0.39, 0.29) is 18.4 Å². The Labute approximate surface area is 207 Å². The number of fused-ring (bicyclic) bond motifs is 1. The van der Waals surface area contributed by atoms with Gasteiger partial charge in [0.15, 0.2) is 18.1 Å². The number of nitrogens with one attached hydrogen (secondary N) is 1. The predicted molar refractivity (Wildman–Crippen MR) is 136 cm³/mol. The summed E-state index contributed by atoms with van der Waals surface area (Å²) in [5.41, 5.74) is 1.83. The van der Waals surface area contributed by atoms with Crippen molar-refractivity contribution in [2.75, 3.05) is 26.1 Å². The lowest BCUT2D eigenvalue weighted by Gasteiger charge is -2.10. The second kappa shape index (κ2) is 10.2. The van der Waals surface area contributed by atoms with Gasteiger partial charge in [0.1, 0.15) is 5.75 Å². The van der Waals surface area contributed by atoms with Crippen molar-refractivity contribution in [3.8, 4) is 40.1 Å². The van der Waals surface area contributed by atoms with E-state index >= 15 is 0 Å². The van der Waals surface area contributed by atoms with E-state index in [0.717, 1.165) is 10.8 Å². The topological polar surface area (TPSA) is 95.7 Å². The molecule has 5 aromatic rings. The zero-order valence-electron chi connectivity index (χ0n) is 19.7. The van der Waals surface area contributed by atoms with Gasteiger partial charge in [-0.2, -0.15) is 4.98 Å². The van der Waals surface area contributed by atoms with Gasteiger partial charge < -0.3 is 24.1 Å². The smallest absolute Gasteiger partial charge is 0.262 e. The molecule has 1 aromatic heterocycles. The molecule has 0 fully saturated rings. The van der Waals surface area contributed by atoms with Crippen LogP contribution in [0.25, 0.3) is 33.6 Å². The Bertz CT molecular complexity index is 1530. The molecule has 1 N–H and O–H groups in total. The quantitative estimate of drug-likeness (QED) is 0.309. The Morgan fingerprint density at radius 3 is 2.47 bits per heavy atom. The van der Waals surface area contributed by atoms with E-state index < -0.39 is 0 Å². The molecule has 0 aliphatic rings.